The quantitative estimate of drug-likeness (QED) is 0.496. The maximum absolute atomic E-state index is 15.2. The number of hydrogen-bond acceptors (Lipinski definition) is 6. The van der Waals surface area contributed by atoms with E-state index < -0.39 is 5.82 Å². The van der Waals surface area contributed by atoms with Gasteiger partial charge in [0.2, 0.25) is 6.41 Å². The third-order valence-electron chi connectivity index (χ3n) is 4.63. The van der Waals surface area contributed by atoms with Crippen LogP contribution in [0, 0.1) is 5.82 Å². The number of benzene rings is 1. The van der Waals surface area contributed by atoms with E-state index in [0.717, 1.165) is 5.39 Å². The third-order valence-corrected chi connectivity index (χ3v) is 4.63. The van der Waals surface area contributed by atoms with E-state index >= 15 is 4.39 Å². The van der Waals surface area contributed by atoms with Crippen molar-refractivity contribution in [2.45, 2.75) is 39.5 Å². The Balaban J connectivity index is 0.000000834. The summed E-state index contributed by atoms with van der Waals surface area (Å²) in [7, 11) is 0. The number of amides is 1. The number of nitrogens with one attached hydrogen (secondary N) is 2. The summed E-state index contributed by atoms with van der Waals surface area (Å²) < 4.78 is 20.7. The minimum Gasteiger partial charge on any atom is -0.489 e. The fraction of sp³-hybridized carbons (Fsp3) is 0.364. The van der Waals surface area contributed by atoms with Crippen molar-refractivity contribution in [1.29, 1.82) is 0 Å². The zero-order valence-electron chi connectivity index (χ0n) is 17.8. The second-order valence-corrected chi connectivity index (χ2v) is 6.96. The van der Waals surface area contributed by atoms with Gasteiger partial charge in [-0.2, -0.15) is 5.10 Å². The minimum absolute atomic E-state index is 0.168. The highest BCUT2D eigenvalue weighted by Gasteiger charge is 2.24. The molecule has 0 radical (unpaired) electrons. The van der Waals surface area contributed by atoms with Crippen molar-refractivity contribution < 1.29 is 13.9 Å². The van der Waals surface area contributed by atoms with Crippen LogP contribution >= 0.6 is 0 Å². The van der Waals surface area contributed by atoms with Crippen LogP contribution in [0.2, 0.25) is 0 Å². The zero-order valence-corrected chi connectivity index (χ0v) is 17.8. The van der Waals surface area contributed by atoms with Crippen LogP contribution in [0.25, 0.3) is 16.6 Å². The number of carbonyl (C=O) groups excluding carboxylic acids is 1. The summed E-state index contributed by atoms with van der Waals surface area (Å²) in [6.45, 7) is 7.92. The number of aromatic amines is 1. The van der Waals surface area contributed by atoms with Crippen molar-refractivity contribution in [3.8, 4) is 5.75 Å². The van der Waals surface area contributed by atoms with Gasteiger partial charge >= 0.3 is 0 Å². The summed E-state index contributed by atoms with van der Waals surface area (Å²) in [4.78, 5) is 20.7. The summed E-state index contributed by atoms with van der Waals surface area (Å²) in [6, 6.07) is 0. The molecule has 1 saturated carbocycles. The molecular formula is C22H27FN6O2. The third kappa shape index (κ3) is 5.17. The molecule has 9 heteroatoms. The lowest BCUT2D eigenvalue weighted by Gasteiger charge is -2.21. The molecule has 2 aliphatic rings. The molecule has 1 aliphatic heterocycles. The molecule has 1 fully saturated rings. The second kappa shape index (κ2) is 10.5. The Labute approximate surface area is 180 Å². The number of nitrogens with zero attached hydrogens (tertiary/aromatic N) is 4. The van der Waals surface area contributed by atoms with Crippen LogP contribution in [0.5, 0.6) is 5.75 Å². The predicted molar refractivity (Wildman–Crippen MR) is 120 cm³/mol. The van der Waals surface area contributed by atoms with Crippen molar-refractivity contribution in [2.24, 2.45) is 9.98 Å². The van der Waals surface area contributed by atoms with E-state index in [1.807, 2.05) is 6.92 Å². The Kier molecular flexibility index (Phi) is 7.53. The van der Waals surface area contributed by atoms with E-state index in [1.54, 1.807) is 36.6 Å². The first kappa shape index (κ1) is 22.2. The van der Waals surface area contributed by atoms with Gasteiger partial charge in [-0.3, -0.25) is 14.9 Å². The van der Waals surface area contributed by atoms with E-state index in [1.165, 1.54) is 19.3 Å². The number of ether oxygens (including phenoxy) is 1. The first-order valence-corrected chi connectivity index (χ1v) is 10.3. The maximum Gasteiger partial charge on any atom is 0.212 e. The molecule has 2 aromatic rings. The lowest BCUT2D eigenvalue weighted by molar-refractivity contribution is -0.108. The fourth-order valence-corrected chi connectivity index (χ4v) is 3.11. The van der Waals surface area contributed by atoms with Gasteiger partial charge in [-0.25, -0.2) is 9.38 Å². The average Bonchev–Trinajstić information content (AvgIpc) is 3.60. The Bertz CT molecular complexity index is 1040. The molecule has 2 heterocycles. The predicted octanol–water partition coefficient (Wildman–Crippen LogP) is 3.76. The highest BCUT2D eigenvalue weighted by molar-refractivity contribution is 5.98. The van der Waals surface area contributed by atoms with E-state index in [-0.39, 0.29) is 5.75 Å². The molecule has 4 rings (SSSR count). The van der Waals surface area contributed by atoms with Crippen molar-refractivity contribution >= 4 is 35.9 Å². The summed E-state index contributed by atoms with van der Waals surface area (Å²) in [5.74, 6) is 0.0416. The minimum atomic E-state index is -0.420. The van der Waals surface area contributed by atoms with Crippen LogP contribution in [-0.2, 0) is 11.2 Å². The number of rotatable bonds is 8. The molecule has 0 bridgehead atoms. The number of aliphatic imine (C=N–C) groups is 2. The molecule has 0 spiro atoms. The van der Waals surface area contributed by atoms with Crippen molar-refractivity contribution in [1.82, 2.24) is 20.4 Å². The van der Waals surface area contributed by atoms with Crippen LogP contribution in [0.3, 0.4) is 0 Å². The molecule has 1 amide bonds. The topological polar surface area (TPSA) is 95.0 Å². The number of halogens is 1. The van der Waals surface area contributed by atoms with Crippen LogP contribution in [-0.4, -0.2) is 47.6 Å². The maximum atomic E-state index is 15.2. The van der Waals surface area contributed by atoms with Gasteiger partial charge in [0.15, 0.2) is 11.6 Å². The van der Waals surface area contributed by atoms with Gasteiger partial charge in [-0.05, 0) is 20.1 Å². The first-order valence-electron chi connectivity index (χ1n) is 10.3. The molecule has 2 N–H and O–H groups in total. The number of aromatic nitrogens is 2. The molecule has 0 atom stereocenters. The van der Waals surface area contributed by atoms with Crippen molar-refractivity contribution in [3.05, 3.63) is 41.4 Å². The van der Waals surface area contributed by atoms with E-state index in [9.17, 15) is 4.79 Å². The summed E-state index contributed by atoms with van der Waals surface area (Å²) in [6.07, 6.45) is 12.2. The van der Waals surface area contributed by atoms with Gasteiger partial charge in [0.1, 0.15) is 11.3 Å². The SMILES string of the molecule is C1CC1.C=N/C(=C\N1C=C(c2c(CC)c(F)c(OCC)c3[nH]ncc23)N=CC1)NC=O. The molecule has 1 aliphatic carbocycles. The number of hydrogen-bond donors (Lipinski definition) is 2. The number of carbonyl (C=O) groups is 1. The van der Waals surface area contributed by atoms with Gasteiger partial charge in [-0.1, -0.05) is 26.2 Å². The van der Waals surface area contributed by atoms with E-state index in [4.69, 9.17) is 4.74 Å². The highest BCUT2D eigenvalue weighted by Crippen LogP contribution is 2.38. The zero-order chi connectivity index (χ0) is 22.2. The summed E-state index contributed by atoms with van der Waals surface area (Å²) >= 11 is 0. The fourth-order valence-electron chi connectivity index (χ4n) is 3.11. The number of fused-ring (bicyclic) bond motifs is 1. The van der Waals surface area contributed by atoms with Gasteiger partial charge in [0.05, 0.1) is 25.0 Å². The standard InChI is InChI=1S/C19H21FN6O2.C3H6/c1-4-12-16(13-8-24-25-18(13)19(17(12)20)28-5-2)14-9-26(7-6-22-14)10-15(21-3)23-11-27;1-2-3-1/h6,8-11H,3-5,7H2,1-2H3,(H,23,27)(H,24,25);1-3H2/b15-10+;. The van der Waals surface area contributed by atoms with Crippen molar-refractivity contribution in [3.63, 3.8) is 0 Å². The average molecular weight is 426 g/mol. The largest absolute Gasteiger partial charge is 0.489 e. The molecule has 0 saturated heterocycles. The summed E-state index contributed by atoms with van der Waals surface area (Å²) in [5, 5.41) is 10.1. The number of H-pyrrole nitrogens is 1. The van der Waals surface area contributed by atoms with E-state index in [0.29, 0.717) is 54.1 Å². The Morgan fingerprint density at radius 3 is 2.81 bits per heavy atom. The van der Waals surface area contributed by atoms with Gasteiger partial charge in [-0.15, -0.1) is 0 Å². The van der Waals surface area contributed by atoms with Gasteiger partial charge < -0.3 is 15.0 Å². The normalized spacial score (nSPS) is 15.1. The Morgan fingerprint density at radius 1 is 1.42 bits per heavy atom. The second-order valence-electron chi connectivity index (χ2n) is 6.96. The molecule has 0 unspecified atom stereocenters. The molecule has 1 aromatic carbocycles. The molecule has 1 aromatic heterocycles. The smallest absolute Gasteiger partial charge is 0.212 e. The van der Waals surface area contributed by atoms with Crippen molar-refractivity contribution in [2.75, 3.05) is 13.2 Å². The van der Waals surface area contributed by atoms with Crippen LogP contribution in [0.1, 0.15) is 44.2 Å². The van der Waals surface area contributed by atoms with E-state index in [2.05, 4.69) is 32.2 Å². The van der Waals surface area contributed by atoms with Crippen LogP contribution in [0.4, 0.5) is 4.39 Å². The van der Waals surface area contributed by atoms with Crippen LogP contribution < -0.4 is 10.1 Å². The van der Waals surface area contributed by atoms with Crippen LogP contribution in [0.15, 0.2) is 34.4 Å². The first-order chi connectivity index (χ1) is 15.1. The Morgan fingerprint density at radius 2 is 2.19 bits per heavy atom. The lowest BCUT2D eigenvalue weighted by atomic mass is 9.97. The molecule has 8 nitrogen and oxygen atoms in total. The monoisotopic (exact) mass is 426 g/mol. The Hall–Kier alpha value is -3.49. The molecular weight excluding hydrogens is 399 g/mol. The van der Waals surface area contributed by atoms with Gasteiger partial charge in [0.25, 0.3) is 0 Å². The molecule has 164 valence electrons. The summed E-state index contributed by atoms with van der Waals surface area (Å²) in [5.41, 5.74) is 2.21. The molecule has 31 heavy (non-hydrogen) atoms. The lowest BCUT2D eigenvalue weighted by Crippen LogP contribution is -2.20. The van der Waals surface area contributed by atoms with Gasteiger partial charge in [0, 0.05) is 35.1 Å². The highest BCUT2D eigenvalue weighted by atomic mass is 19.1.